The van der Waals surface area contributed by atoms with E-state index in [0.717, 1.165) is 12.0 Å². The Bertz CT molecular complexity index is 579. The lowest BCUT2D eigenvalue weighted by molar-refractivity contribution is 0.222. The normalized spacial score (nSPS) is 24.8. The molecule has 1 heterocycles. The monoisotopic (exact) mass is 335 g/mol. The number of piperidine rings is 1. The van der Waals surface area contributed by atoms with Crippen molar-refractivity contribution in [3.63, 3.8) is 0 Å². The van der Waals surface area contributed by atoms with E-state index in [0.29, 0.717) is 29.9 Å². The van der Waals surface area contributed by atoms with Gasteiger partial charge >= 0.3 is 0 Å². The first kappa shape index (κ1) is 16.1. The van der Waals surface area contributed by atoms with Gasteiger partial charge in [0.1, 0.15) is 0 Å². The zero-order valence-corrected chi connectivity index (χ0v) is 14.0. The summed E-state index contributed by atoms with van der Waals surface area (Å²) in [5.41, 5.74) is 0.743. The zero-order valence-electron chi connectivity index (χ0n) is 11.6. The smallest absolute Gasteiger partial charge is 0.207 e. The molecule has 1 fully saturated rings. The molecule has 1 aromatic rings. The molecule has 0 aliphatic carbocycles. The van der Waals surface area contributed by atoms with E-state index in [1.807, 2.05) is 0 Å². The summed E-state index contributed by atoms with van der Waals surface area (Å²) >= 11 is 11.8. The largest absolute Gasteiger partial charge is 0.243 e. The molecule has 0 bridgehead atoms. The van der Waals surface area contributed by atoms with Gasteiger partial charge in [0, 0.05) is 24.0 Å². The Labute approximate surface area is 130 Å². The Morgan fingerprint density at radius 1 is 1.25 bits per heavy atom. The third-order valence-corrected chi connectivity index (χ3v) is 6.11. The molecule has 0 spiro atoms. The highest BCUT2D eigenvalue weighted by molar-refractivity contribution is 7.89. The Morgan fingerprint density at radius 2 is 1.85 bits per heavy atom. The summed E-state index contributed by atoms with van der Waals surface area (Å²) in [5.74, 6) is 1.04. The number of halogens is 2. The molecule has 6 heteroatoms. The minimum Gasteiger partial charge on any atom is -0.207 e. The van der Waals surface area contributed by atoms with Gasteiger partial charge in [0.25, 0.3) is 0 Å². The second-order valence-electron chi connectivity index (χ2n) is 5.65. The fraction of sp³-hybridized carbons (Fsp3) is 0.571. The molecule has 2 atom stereocenters. The Kier molecular flexibility index (Phi) is 5.00. The minimum atomic E-state index is -3.47. The fourth-order valence-corrected chi connectivity index (χ4v) is 5.07. The van der Waals surface area contributed by atoms with Crippen molar-refractivity contribution in [2.24, 2.45) is 11.8 Å². The van der Waals surface area contributed by atoms with Crippen LogP contribution in [-0.2, 0) is 15.9 Å². The topological polar surface area (TPSA) is 37.4 Å². The van der Waals surface area contributed by atoms with Gasteiger partial charge in [0.05, 0.1) is 4.90 Å². The fourth-order valence-electron chi connectivity index (χ4n) is 2.75. The average Bonchev–Trinajstić information content (AvgIpc) is 2.37. The maximum absolute atomic E-state index is 12.7. The highest BCUT2D eigenvalue weighted by Crippen LogP contribution is 2.29. The molecule has 1 aliphatic heterocycles. The van der Waals surface area contributed by atoms with Crippen molar-refractivity contribution in [3.8, 4) is 0 Å². The molecule has 0 amide bonds. The van der Waals surface area contributed by atoms with E-state index in [2.05, 4.69) is 13.8 Å². The maximum atomic E-state index is 12.7. The summed E-state index contributed by atoms with van der Waals surface area (Å²) in [6, 6.07) is 4.76. The van der Waals surface area contributed by atoms with Gasteiger partial charge in [0.15, 0.2) is 0 Å². The molecule has 1 aromatic carbocycles. The van der Waals surface area contributed by atoms with Crippen molar-refractivity contribution in [1.29, 1.82) is 0 Å². The zero-order chi connectivity index (χ0) is 14.9. The summed E-state index contributed by atoms with van der Waals surface area (Å²) in [4.78, 5) is 0.248. The molecule has 20 heavy (non-hydrogen) atoms. The number of sulfonamides is 1. The van der Waals surface area contributed by atoms with Gasteiger partial charge in [-0.05, 0) is 36.0 Å². The van der Waals surface area contributed by atoms with Crippen LogP contribution in [0.4, 0.5) is 0 Å². The number of alkyl halides is 1. The van der Waals surface area contributed by atoms with E-state index in [4.69, 9.17) is 23.2 Å². The Hall–Kier alpha value is -0.290. The number of hydrogen-bond acceptors (Lipinski definition) is 2. The lowest BCUT2D eigenvalue weighted by Gasteiger charge is -2.34. The van der Waals surface area contributed by atoms with Crippen molar-refractivity contribution < 1.29 is 8.42 Å². The molecule has 2 rings (SSSR count). The maximum Gasteiger partial charge on any atom is 0.243 e. The van der Waals surface area contributed by atoms with E-state index in [-0.39, 0.29) is 10.8 Å². The summed E-state index contributed by atoms with van der Waals surface area (Å²) in [6.45, 7) is 5.31. The second-order valence-corrected chi connectivity index (χ2v) is 8.27. The van der Waals surface area contributed by atoms with Crippen LogP contribution < -0.4 is 0 Å². The van der Waals surface area contributed by atoms with E-state index in [1.54, 1.807) is 16.4 Å². The van der Waals surface area contributed by atoms with Crippen LogP contribution in [0.1, 0.15) is 25.8 Å². The quantitative estimate of drug-likeness (QED) is 0.789. The minimum absolute atomic E-state index is 0.248. The summed E-state index contributed by atoms with van der Waals surface area (Å²) < 4.78 is 26.9. The van der Waals surface area contributed by atoms with Gasteiger partial charge in [-0.15, -0.1) is 11.6 Å². The van der Waals surface area contributed by atoms with Crippen molar-refractivity contribution in [2.45, 2.75) is 31.0 Å². The molecule has 1 aliphatic rings. The summed E-state index contributed by atoms with van der Waals surface area (Å²) in [6.07, 6.45) is 1.07. The second kappa shape index (κ2) is 6.22. The summed E-state index contributed by atoms with van der Waals surface area (Å²) in [7, 11) is -3.47. The van der Waals surface area contributed by atoms with Crippen LogP contribution in [0.25, 0.3) is 0 Å². The molecule has 2 unspecified atom stereocenters. The molecule has 0 N–H and O–H groups in total. The molecule has 1 saturated heterocycles. The lowest BCUT2D eigenvalue weighted by Crippen LogP contribution is -2.42. The lowest BCUT2D eigenvalue weighted by atomic mass is 9.94. The predicted octanol–water partition coefficient (Wildman–Crippen LogP) is 3.75. The van der Waals surface area contributed by atoms with Crippen LogP contribution in [0.2, 0.25) is 5.02 Å². The van der Waals surface area contributed by atoms with Gasteiger partial charge in [-0.2, -0.15) is 4.31 Å². The number of hydrogen-bond donors (Lipinski definition) is 0. The van der Waals surface area contributed by atoms with Crippen LogP contribution in [0.15, 0.2) is 23.1 Å². The molecular weight excluding hydrogens is 317 g/mol. The first-order chi connectivity index (χ1) is 9.34. The number of rotatable bonds is 3. The average molecular weight is 336 g/mol. The van der Waals surface area contributed by atoms with Crippen molar-refractivity contribution in [1.82, 2.24) is 4.31 Å². The van der Waals surface area contributed by atoms with E-state index in [9.17, 15) is 8.42 Å². The molecule has 0 saturated carbocycles. The van der Waals surface area contributed by atoms with Crippen LogP contribution in [0.3, 0.4) is 0 Å². The van der Waals surface area contributed by atoms with Gasteiger partial charge < -0.3 is 0 Å². The molecule has 0 radical (unpaired) electrons. The van der Waals surface area contributed by atoms with Gasteiger partial charge in [0.2, 0.25) is 10.0 Å². The van der Waals surface area contributed by atoms with E-state index in [1.165, 1.54) is 6.07 Å². The third kappa shape index (κ3) is 3.30. The van der Waals surface area contributed by atoms with Crippen molar-refractivity contribution in [3.05, 3.63) is 28.8 Å². The van der Waals surface area contributed by atoms with Gasteiger partial charge in [-0.3, -0.25) is 0 Å². The summed E-state index contributed by atoms with van der Waals surface area (Å²) in [5, 5.41) is 0.402. The van der Waals surface area contributed by atoms with E-state index >= 15 is 0 Å². The van der Waals surface area contributed by atoms with Crippen molar-refractivity contribution in [2.75, 3.05) is 13.1 Å². The van der Waals surface area contributed by atoms with Crippen LogP contribution in [0.5, 0.6) is 0 Å². The first-order valence-corrected chi connectivity index (χ1v) is 9.04. The number of benzene rings is 1. The molecule has 3 nitrogen and oxygen atoms in total. The SMILES string of the molecule is CC1CC(C)CN(S(=O)(=O)c2ccc(CCl)c(Cl)c2)C1. The highest BCUT2D eigenvalue weighted by atomic mass is 35.5. The van der Waals surface area contributed by atoms with Crippen molar-refractivity contribution >= 4 is 33.2 Å². The molecule has 112 valence electrons. The molecule has 0 aromatic heterocycles. The van der Waals surface area contributed by atoms with Crippen LogP contribution in [-0.4, -0.2) is 25.8 Å². The predicted molar refractivity (Wildman–Crippen MR) is 82.7 cm³/mol. The van der Waals surface area contributed by atoms with E-state index < -0.39 is 10.0 Å². The highest BCUT2D eigenvalue weighted by Gasteiger charge is 2.31. The Balaban J connectivity index is 2.32. The standard InChI is InChI=1S/C14H19Cl2NO2S/c1-10-5-11(2)9-17(8-10)20(18,19)13-4-3-12(7-15)14(16)6-13/h3-4,6,10-11H,5,7-9H2,1-2H3. The third-order valence-electron chi connectivity index (χ3n) is 3.64. The van der Waals surface area contributed by atoms with Crippen LogP contribution >= 0.6 is 23.2 Å². The first-order valence-electron chi connectivity index (χ1n) is 6.69. The van der Waals surface area contributed by atoms with Crippen LogP contribution in [0, 0.1) is 11.8 Å². The van der Waals surface area contributed by atoms with Gasteiger partial charge in [-0.1, -0.05) is 31.5 Å². The molecular formula is C14H19Cl2NO2S. The number of nitrogens with zero attached hydrogens (tertiary/aromatic N) is 1. The Morgan fingerprint density at radius 3 is 2.35 bits per heavy atom. The van der Waals surface area contributed by atoms with Gasteiger partial charge in [-0.25, -0.2) is 8.42 Å².